The van der Waals surface area contributed by atoms with Gasteiger partial charge in [0.05, 0.1) is 5.69 Å². The number of aryl methyl sites for hydroxylation is 1. The van der Waals surface area contributed by atoms with Crippen LogP contribution < -0.4 is 15.4 Å². The van der Waals surface area contributed by atoms with Crippen molar-refractivity contribution < 1.29 is 14.3 Å². The van der Waals surface area contributed by atoms with Crippen molar-refractivity contribution in [1.29, 1.82) is 0 Å². The van der Waals surface area contributed by atoms with Gasteiger partial charge in [-0.15, -0.1) is 12.4 Å². The normalized spacial score (nSPS) is 11.2. The number of likely N-dealkylation sites (N-methyl/N-ethyl adjacent to an activating group) is 1. The number of ether oxygens (including phenoxy) is 1. The highest BCUT2D eigenvalue weighted by Crippen LogP contribution is 2.26. The SMILES string of the molecule is CNCC(C)C(=O)Nc1ccc(C)cc1OCC(=O)N(C)C.Cl. The average Bonchev–Trinajstić information content (AvgIpc) is 2.46. The zero-order valence-electron chi connectivity index (χ0n) is 14.3. The molecule has 0 fully saturated rings. The van der Waals surface area contributed by atoms with Crippen LogP contribution in [0, 0.1) is 12.8 Å². The van der Waals surface area contributed by atoms with E-state index in [1.807, 2.05) is 19.9 Å². The van der Waals surface area contributed by atoms with Crippen molar-refractivity contribution in [1.82, 2.24) is 10.2 Å². The highest BCUT2D eigenvalue weighted by Gasteiger charge is 2.15. The predicted octanol–water partition coefficient (Wildman–Crippen LogP) is 1.68. The summed E-state index contributed by atoms with van der Waals surface area (Å²) < 4.78 is 5.56. The molecule has 0 aliphatic heterocycles. The van der Waals surface area contributed by atoms with Gasteiger partial charge in [-0.05, 0) is 31.7 Å². The van der Waals surface area contributed by atoms with Crippen molar-refractivity contribution in [3.63, 3.8) is 0 Å². The van der Waals surface area contributed by atoms with Gasteiger partial charge >= 0.3 is 0 Å². The van der Waals surface area contributed by atoms with Crippen LogP contribution >= 0.6 is 12.4 Å². The van der Waals surface area contributed by atoms with E-state index in [-0.39, 0.29) is 36.7 Å². The monoisotopic (exact) mass is 343 g/mol. The molecule has 23 heavy (non-hydrogen) atoms. The van der Waals surface area contributed by atoms with E-state index in [1.165, 1.54) is 4.90 Å². The molecule has 0 aliphatic rings. The van der Waals surface area contributed by atoms with Crippen molar-refractivity contribution in [3.05, 3.63) is 23.8 Å². The molecule has 0 heterocycles. The molecule has 130 valence electrons. The maximum absolute atomic E-state index is 12.1. The van der Waals surface area contributed by atoms with Crippen LogP contribution in [-0.4, -0.2) is 51.0 Å². The van der Waals surface area contributed by atoms with Gasteiger partial charge in [-0.2, -0.15) is 0 Å². The summed E-state index contributed by atoms with van der Waals surface area (Å²) >= 11 is 0. The number of benzene rings is 1. The van der Waals surface area contributed by atoms with E-state index >= 15 is 0 Å². The van der Waals surface area contributed by atoms with E-state index in [0.717, 1.165) is 5.56 Å². The number of amides is 2. The first kappa shape index (κ1) is 21.2. The summed E-state index contributed by atoms with van der Waals surface area (Å²) in [5.74, 6) is 0.104. The van der Waals surface area contributed by atoms with Crippen LogP contribution in [0.25, 0.3) is 0 Å². The lowest BCUT2D eigenvalue weighted by Crippen LogP contribution is -2.29. The fraction of sp³-hybridized carbons (Fsp3) is 0.500. The van der Waals surface area contributed by atoms with Gasteiger partial charge in [0, 0.05) is 26.6 Å². The van der Waals surface area contributed by atoms with Gasteiger partial charge < -0.3 is 20.3 Å². The Bertz CT molecular complexity index is 535. The largest absolute Gasteiger partial charge is 0.482 e. The predicted molar refractivity (Wildman–Crippen MR) is 94.3 cm³/mol. The van der Waals surface area contributed by atoms with E-state index in [4.69, 9.17) is 4.74 Å². The smallest absolute Gasteiger partial charge is 0.259 e. The Hall–Kier alpha value is -1.79. The molecule has 1 rings (SSSR count). The van der Waals surface area contributed by atoms with E-state index in [2.05, 4.69) is 10.6 Å². The number of nitrogens with one attached hydrogen (secondary N) is 2. The Balaban J connectivity index is 0.00000484. The minimum Gasteiger partial charge on any atom is -0.482 e. The number of halogens is 1. The molecule has 0 bridgehead atoms. The molecular formula is C16H26ClN3O3. The van der Waals surface area contributed by atoms with Gasteiger partial charge in [0.2, 0.25) is 5.91 Å². The molecule has 1 unspecified atom stereocenters. The lowest BCUT2D eigenvalue weighted by molar-refractivity contribution is -0.130. The quantitative estimate of drug-likeness (QED) is 0.790. The molecule has 2 amide bonds. The number of rotatable bonds is 7. The van der Waals surface area contributed by atoms with Crippen molar-refractivity contribution >= 4 is 29.9 Å². The lowest BCUT2D eigenvalue weighted by Gasteiger charge is -2.17. The zero-order chi connectivity index (χ0) is 16.7. The van der Waals surface area contributed by atoms with Crippen molar-refractivity contribution in [2.45, 2.75) is 13.8 Å². The van der Waals surface area contributed by atoms with E-state index in [1.54, 1.807) is 33.3 Å². The maximum atomic E-state index is 12.1. The maximum Gasteiger partial charge on any atom is 0.259 e. The summed E-state index contributed by atoms with van der Waals surface area (Å²) in [5, 5.41) is 5.81. The summed E-state index contributed by atoms with van der Waals surface area (Å²) in [5.41, 5.74) is 1.57. The molecule has 1 atom stereocenters. The first-order valence-corrected chi connectivity index (χ1v) is 7.24. The van der Waals surface area contributed by atoms with Gasteiger partial charge in [-0.1, -0.05) is 13.0 Å². The van der Waals surface area contributed by atoms with Crippen LogP contribution in [0.2, 0.25) is 0 Å². The van der Waals surface area contributed by atoms with Gasteiger partial charge in [-0.25, -0.2) is 0 Å². The third-order valence-electron chi connectivity index (χ3n) is 3.20. The van der Waals surface area contributed by atoms with E-state index in [0.29, 0.717) is 18.0 Å². The number of anilines is 1. The Morgan fingerprint density at radius 3 is 2.52 bits per heavy atom. The Kier molecular flexibility index (Phi) is 9.29. The number of hydrogen-bond donors (Lipinski definition) is 2. The van der Waals surface area contributed by atoms with Crippen molar-refractivity contribution in [2.24, 2.45) is 5.92 Å². The summed E-state index contributed by atoms with van der Waals surface area (Å²) in [6.45, 7) is 4.30. The van der Waals surface area contributed by atoms with Crippen LogP contribution in [0.3, 0.4) is 0 Å². The van der Waals surface area contributed by atoms with Gasteiger partial charge in [0.25, 0.3) is 5.91 Å². The number of carbonyl (C=O) groups is 2. The first-order chi connectivity index (χ1) is 10.3. The van der Waals surface area contributed by atoms with Crippen LogP contribution in [0.4, 0.5) is 5.69 Å². The minimum atomic E-state index is -0.164. The van der Waals surface area contributed by atoms with Crippen LogP contribution in [-0.2, 0) is 9.59 Å². The van der Waals surface area contributed by atoms with Crippen LogP contribution in [0.1, 0.15) is 12.5 Å². The molecule has 0 saturated carbocycles. The Morgan fingerprint density at radius 2 is 1.96 bits per heavy atom. The third-order valence-corrected chi connectivity index (χ3v) is 3.20. The molecule has 0 saturated heterocycles. The third kappa shape index (κ3) is 6.88. The zero-order valence-corrected chi connectivity index (χ0v) is 15.1. The Labute approximate surface area is 144 Å². The summed E-state index contributed by atoms with van der Waals surface area (Å²) in [6, 6.07) is 5.48. The molecule has 6 nitrogen and oxygen atoms in total. The van der Waals surface area contributed by atoms with Gasteiger partial charge in [0.1, 0.15) is 5.75 Å². The molecule has 2 N–H and O–H groups in total. The highest BCUT2D eigenvalue weighted by atomic mass is 35.5. The fourth-order valence-electron chi connectivity index (χ4n) is 1.78. The molecule has 0 radical (unpaired) electrons. The first-order valence-electron chi connectivity index (χ1n) is 7.24. The Morgan fingerprint density at radius 1 is 1.30 bits per heavy atom. The van der Waals surface area contributed by atoms with Crippen LogP contribution in [0.5, 0.6) is 5.75 Å². The van der Waals surface area contributed by atoms with E-state index in [9.17, 15) is 9.59 Å². The van der Waals surface area contributed by atoms with Crippen LogP contribution in [0.15, 0.2) is 18.2 Å². The van der Waals surface area contributed by atoms with E-state index < -0.39 is 0 Å². The molecule has 0 aliphatic carbocycles. The molecule has 1 aromatic rings. The molecule has 0 aromatic heterocycles. The standard InChI is InChI=1S/C16H25N3O3.ClH/c1-11-6-7-13(18-16(21)12(2)9-17-3)14(8-11)22-10-15(20)19(4)5;/h6-8,12,17H,9-10H2,1-5H3,(H,18,21);1H. The van der Waals surface area contributed by atoms with Crippen molar-refractivity contribution in [3.8, 4) is 5.75 Å². The lowest BCUT2D eigenvalue weighted by atomic mass is 10.1. The second-order valence-corrected chi connectivity index (χ2v) is 5.52. The number of nitrogens with zero attached hydrogens (tertiary/aromatic N) is 1. The van der Waals surface area contributed by atoms with Gasteiger partial charge in [0.15, 0.2) is 6.61 Å². The second-order valence-electron chi connectivity index (χ2n) is 5.52. The molecule has 0 spiro atoms. The number of hydrogen-bond acceptors (Lipinski definition) is 4. The highest BCUT2D eigenvalue weighted by molar-refractivity contribution is 5.94. The number of carbonyl (C=O) groups excluding carboxylic acids is 2. The fourth-order valence-corrected chi connectivity index (χ4v) is 1.78. The van der Waals surface area contributed by atoms with Gasteiger partial charge in [-0.3, -0.25) is 9.59 Å². The molecular weight excluding hydrogens is 318 g/mol. The second kappa shape index (κ2) is 10.1. The summed E-state index contributed by atoms with van der Waals surface area (Å²) in [4.78, 5) is 25.2. The van der Waals surface area contributed by atoms with Crippen molar-refractivity contribution in [2.75, 3.05) is 39.6 Å². The minimum absolute atomic E-state index is 0. The molecule has 1 aromatic carbocycles. The molecule has 7 heteroatoms. The topological polar surface area (TPSA) is 70.7 Å². The summed E-state index contributed by atoms with van der Waals surface area (Å²) in [6.07, 6.45) is 0. The average molecular weight is 344 g/mol. The summed E-state index contributed by atoms with van der Waals surface area (Å²) in [7, 11) is 5.14.